The van der Waals surface area contributed by atoms with E-state index in [-0.39, 0.29) is 0 Å². The minimum atomic E-state index is -0.460. The van der Waals surface area contributed by atoms with E-state index in [0.717, 1.165) is 62.0 Å². The highest BCUT2D eigenvalue weighted by Crippen LogP contribution is 2.30. The number of piperazine rings is 1. The minimum Gasteiger partial charge on any atom is -0.495 e. The zero-order valence-electron chi connectivity index (χ0n) is 15.2. The van der Waals surface area contributed by atoms with Gasteiger partial charge in [0, 0.05) is 39.1 Å². The summed E-state index contributed by atoms with van der Waals surface area (Å²) in [4.78, 5) is 4.69. The Hall–Kier alpha value is -2.24. The Kier molecular flexibility index (Phi) is 5.00. The van der Waals surface area contributed by atoms with Gasteiger partial charge in [0.05, 0.1) is 25.5 Å². The summed E-state index contributed by atoms with van der Waals surface area (Å²) in [5, 5.41) is 10.7. The SMILES string of the molecule is COc1ccccc1N1CCN(C[C@H](O)c2ccc3c(c2)CCO3)CC1. The highest BCUT2D eigenvalue weighted by molar-refractivity contribution is 5.58. The molecule has 0 saturated carbocycles. The van der Waals surface area contributed by atoms with Crippen LogP contribution in [0.4, 0.5) is 5.69 Å². The van der Waals surface area contributed by atoms with Crippen molar-refractivity contribution in [3.8, 4) is 11.5 Å². The molecule has 5 nitrogen and oxygen atoms in total. The molecule has 0 aliphatic carbocycles. The molecule has 1 atom stereocenters. The summed E-state index contributed by atoms with van der Waals surface area (Å²) in [7, 11) is 1.72. The minimum absolute atomic E-state index is 0.460. The van der Waals surface area contributed by atoms with Crippen LogP contribution < -0.4 is 14.4 Å². The first kappa shape index (κ1) is 17.2. The van der Waals surface area contributed by atoms with E-state index in [2.05, 4.69) is 21.9 Å². The van der Waals surface area contributed by atoms with E-state index in [1.54, 1.807) is 7.11 Å². The number of hydrogen-bond donors (Lipinski definition) is 1. The third kappa shape index (κ3) is 3.50. The van der Waals surface area contributed by atoms with Gasteiger partial charge in [-0.15, -0.1) is 0 Å². The summed E-state index contributed by atoms with van der Waals surface area (Å²) < 4.78 is 11.0. The monoisotopic (exact) mass is 354 g/mol. The molecule has 5 heteroatoms. The van der Waals surface area contributed by atoms with Crippen molar-refractivity contribution in [3.63, 3.8) is 0 Å². The summed E-state index contributed by atoms with van der Waals surface area (Å²) in [6.07, 6.45) is 0.478. The lowest BCUT2D eigenvalue weighted by atomic mass is 10.0. The molecule has 2 aromatic carbocycles. The second-order valence-corrected chi connectivity index (χ2v) is 6.94. The van der Waals surface area contributed by atoms with Crippen LogP contribution in [0.1, 0.15) is 17.2 Å². The Labute approximate surface area is 154 Å². The van der Waals surface area contributed by atoms with E-state index in [1.165, 1.54) is 5.56 Å². The second-order valence-electron chi connectivity index (χ2n) is 6.94. The lowest BCUT2D eigenvalue weighted by Gasteiger charge is -2.37. The molecule has 2 aromatic rings. The van der Waals surface area contributed by atoms with Crippen LogP contribution in [-0.4, -0.2) is 56.4 Å². The first-order chi connectivity index (χ1) is 12.7. The topological polar surface area (TPSA) is 45.2 Å². The number of ether oxygens (including phenoxy) is 2. The number of benzene rings is 2. The Morgan fingerprint density at radius 3 is 2.73 bits per heavy atom. The van der Waals surface area contributed by atoms with Crippen molar-refractivity contribution in [2.45, 2.75) is 12.5 Å². The standard InChI is InChI=1S/C21H26N2O3/c1-25-21-5-3-2-4-18(21)23-11-9-22(10-12-23)15-19(24)16-6-7-20-17(14-16)8-13-26-20/h2-7,14,19,24H,8-13,15H2,1H3/t19-/m0/s1. The smallest absolute Gasteiger partial charge is 0.142 e. The predicted molar refractivity (Wildman–Crippen MR) is 102 cm³/mol. The van der Waals surface area contributed by atoms with Gasteiger partial charge in [-0.3, -0.25) is 4.90 Å². The third-order valence-electron chi connectivity index (χ3n) is 5.33. The maximum absolute atomic E-state index is 10.7. The summed E-state index contributed by atoms with van der Waals surface area (Å²) in [6, 6.07) is 14.2. The molecule has 1 N–H and O–H groups in total. The molecule has 1 fully saturated rings. The molecule has 0 amide bonds. The average molecular weight is 354 g/mol. The van der Waals surface area contributed by atoms with Gasteiger partial charge in [-0.25, -0.2) is 0 Å². The number of rotatable bonds is 5. The second kappa shape index (κ2) is 7.56. The fourth-order valence-corrected chi connectivity index (χ4v) is 3.83. The number of fused-ring (bicyclic) bond motifs is 1. The van der Waals surface area contributed by atoms with Crippen molar-refractivity contribution < 1.29 is 14.6 Å². The van der Waals surface area contributed by atoms with Crippen molar-refractivity contribution in [1.82, 2.24) is 4.90 Å². The van der Waals surface area contributed by atoms with E-state index < -0.39 is 6.10 Å². The number of aliphatic hydroxyl groups excluding tert-OH is 1. The molecule has 26 heavy (non-hydrogen) atoms. The molecule has 0 aromatic heterocycles. The quantitative estimate of drug-likeness (QED) is 0.894. The largest absolute Gasteiger partial charge is 0.495 e. The van der Waals surface area contributed by atoms with Gasteiger partial charge in [-0.05, 0) is 35.4 Å². The third-order valence-corrected chi connectivity index (χ3v) is 5.33. The Balaban J connectivity index is 1.35. The lowest BCUT2D eigenvalue weighted by Crippen LogP contribution is -2.47. The lowest BCUT2D eigenvalue weighted by molar-refractivity contribution is 0.109. The van der Waals surface area contributed by atoms with Crippen molar-refractivity contribution in [2.24, 2.45) is 0 Å². The van der Waals surface area contributed by atoms with Crippen LogP contribution in [0.25, 0.3) is 0 Å². The van der Waals surface area contributed by atoms with Gasteiger partial charge in [0.25, 0.3) is 0 Å². The molecule has 138 valence electrons. The van der Waals surface area contributed by atoms with Gasteiger partial charge in [-0.2, -0.15) is 0 Å². The van der Waals surface area contributed by atoms with E-state index in [0.29, 0.717) is 6.54 Å². The van der Waals surface area contributed by atoms with Crippen molar-refractivity contribution in [3.05, 3.63) is 53.6 Å². The number of anilines is 1. The van der Waals surface area contributed by atoms with Crippen LogP contribution in [0.5, 0.6) is 11.5 Å². The van der Waals surface area contributed by atoms with Gasteiger partial charge in [0.2, 0.25) is 0 Å². The molecular weight excluding hydrogens is 328 g/mol. The summed E-state index contributed by atoms with van der Waals surface area (Å²) in [5.74, 6) is 1.88. The van der Waals surface area contributed by atoms with Crippen LogP contribution in [0.3, 0.4) is 0 Å². The molecule has 2 heterocycles. The molecule has 0 unspecified atom stereocenters. The number of para-hydroxylation sites is 2. The Morgan fingerprint density at radius 1 is 1.12 bits per heavy atom. The highest BCUT2D eigenvalue weighted by atomic mass is 16.5. The number of nitrogens with zero attached hydrogens (tertiary/aromatic N) is 2. The van der Waals surface area contributed by atoms with Gasteiger partial charge in [0.15, 0.2) is 0 Å². The molecule has 2 aliphatic heterocycles. The molecule has 0 radical (unpaired) electrons. The van der Waals surface area contributed by atoms with Crippen molar-refractivity contribution in [1.29, 1.82) is 0 Å². The number of hydrogen-bond acceptors (Lipinski definition) is 5. The van der Waals surface area contributed by atoms with Gasteiger partial charge in [0.1, 0.15) is 11.5 Å². The van der Waals surface area contributed by atoms with Crippen LogP contribution >= 0.6 is 0 Å². The van der Waals surface area contributed by atoms with E-state index in [4.69, 9.17) is 9.47 Å². The predicted octanol–water partition coefficient (Wildman–Crippen LogP) is 2.49. The van der Waals surface area contributed by atoms with E-state index in [9.17, 15) is 5.11 Å². The van der Waals surface area contributed by atoms with Crippen molar-refractivity contribution >= 4 is 5.69 Å². The number of aliphatic hydroxyl groups is 1. The maximum Gasteiger partial charge on any atom is 0.142 e. The van der Waals surface area contributed by atoms with Crippen molar-refractivity contribution in [2.75, 3.05) is 51.3 Å². The van der Waals surface area contributed by atoms with Gasteiger partial charge < -0.3 is 19.5 Å². The van der Waals surface area contributed by atoms with E-state index in [1.807, 2.05) is 30.3 Å². The summed E-state index contributed by atoms with van der Waals surface area (Å²) in [6.45, 7) is 5.15. The molecule has 0 spiro atoms. The summed E-state index contributed by atoms with van der Waals surface area (Å²) in [5.41, 5.74) is 3.35. The fraction of sp³-hybridized carbons (Fsp3) is 0.429. The van der Waals surface area contributed by atoms with E-state index >= 15 is 0 Å². The van der Waals surface area contributed by atoms with Gasteiger partial charge >= 0.3 is 0 Å². The number of methoxy groups -OCH3 is 1. The first-order valence-electron chi connectivity index (χ1n) is 9.28. The molecular formula is C21H26N2O3. The molecule has 4 rings (SSSR count). The van der Waals surface area contributed by atoms with Crippen LogP contribution in [-0.2, 0) is 6.42 Å². The zero-order valence-corrected chi connectivity index (χ0v) is 15.2. The molecule has 0 bridgehead atoms. The maximum atomic E-state index is 10.7. The van der Waals surface area contributed by atoms with Crippen LogP contribution in [0.2, 0.25) is 0 Å². The average Bonchev–Trinajstić information content (AvgIpc) is 3.16. The fourth-order valence-electron chi connectivity index (χ4n) is 3.83. The normalized spacial score (nSPS) is 18.3. The Morgan fingerprint density at radius 2 is 1.92 bits per heavy atom. The zero-order chi connectivity index (χ0) is 17.9. The first-order valence-corrected chi connectivity index (χ1v) is 9.28. The van der Waals surface area contributed by atoms with Gasteiger partial charge in [-0.1, -0.05) is 18.2 Å². The molecule has 1 saturated heterocycles. The van der Waals surface area contributed by atoms with Crippen LogP contribution in [0, 0.1) is 0 Å². The number of β-amino-alcohol motifs (C(OH)–C–C–N with tert-alkyl or cyclic N) is 1. The summed E-state index contributed by atoms with van der Waals surface area (Å²) >= 11 is 0. The Bertz CT molecular complexity index is 757. The molecule has 2 aliphatic rings. The van der Waals surface area contributed by atoms with Crippen LogP contribution in [0.15, 0.2) is 42.5 Å². The highest BCUT2D eigenvalue weighted by Gasteiger charge is 2.22.